The average molecular weight is 414 g/mol. The number of benzene rings is 2. The van der Waals surface area contributed by atoms with E-state index in [2.05, 4.69) is 0 Å². The third-order valence-corrected chi connectivity index (χ3v) is 6.15. The highest BCUT2D eigenvalue weighted by Gasteiger charge is 2.34. The Labute approximate surface area is 165 Å². The van der Waals surface area contributed by atoms with Gasteiger partial charge in [0, 0.05) is 18.7 Å². The van der Waals surface area contributed by atoms with Gasteiger partial charge in [-0.25, -0.2) is 8.42 Å². The van der Waals surface area contributed by atoms with Crippen molar-refractivity contribution in [2.75, 3.05) is 13.1 Å². The van der Waals surface area contributed by atoms with Gasteiger partial charge >= 0.3 is 0 Å². The fourth-order valence-electron chi connectivity index (χ4n) is 2.79. The molecule has 0 saturated heterocycles. The van der Waals surface area contributed by atoms with Crippen LogP contribution in [0.5, 0.6) is 0 Å². The fourth-order valence-corrected chi connectivity index (χ4v) is 4.69. The summed E-state index contributed by atoms with van der Waals surface area (Å²) in [6.45, 7) is 3.77. The van der Waals surface area contributed by atoms with E-state index in [1.807, 2.05) is 30.3 Å². The highest BCUT2D eigenvalue weighted by Crippen LogP contribution is 2.33. The van der Waals surface area contributed by atoms with Crippen LogP contribution in [0.25, 0.3) is 0 Å². The minimum Gasteiger partial charge on any atom is -0.330 e. The predicted molar refractivity (Wildman–Crippen MR) is 108 cm³/mol. The lowest BCUT2D eigenvalue weighted by Crippen LogP contribution is -2.33. The first-order valence-corrected chi connectivity index (χ1v) is 9.71. The molecule has 7 nitrogen and oxygen atoms in total. The largest absolute Gasteiger partial charge is 0.330 e. The van der Waals surface area contributed by atoms with Gasteiger partial charge in [0.2, 0.25) is 10.0 Å². The van der Waals surface area contributed by atoms with Gasteiger partial charge in [0.15, 0.2) is 4.90 Å². The molecule has 2 aromatic rings. The summed E-state index contributed by atoms with van der Waals surface area (Å²) in [5.74, 6) is 0. The van der Waals surface area contributed by atoms with Crippen molar-refractivity contribution in [3.63, 3.8) is 0 Å². The normalized spacial score (nSPS) is 11.3. The molecule has 0 unspecified atom stereocenters. The van der Waals surface area contributed by atoms with Crippen molar-refractivity contribution in [1.29, 1.82) is 0 Å². The SMILES string of the molecule is Cc1ccc(C)c(S(=O)(=O)N(CCCN)Cc2ccccc2)c1[N+](=O)[O-].Cl. The van der Waals surface area contributed by atoms with Crippen LogP contribution in [0, 0.1) is 24.0 Å². The monoisotopic (exact) mass is 413 g/mol. The van der Waals surface area contributed by atoms with Gasteiger partial charge in [0.05, 0.1) is 4.92 Å². The number of hydrogen-bond acceptors (Lipinski definition) is 5. The van der Waals surface area contributed by atoms with Gasteiger partial charge in [-0.05, 0) is 37.9 Å². The van der Waals surface area contributed by atoms with Crippen LogP contribution < -0.4 is 5.73 Å². The zero-order valence-electron chi connectivity index (χ0n) is 15.3. The summed E-state index contributed by atoms with van der Waals surface area (Å²) in [5, 5.41) is 11.5. The lowest BCUT2D eigenvalue weighted by molar-refractivity contribution is -0.388. The van der Waals surface area contributed by atoms with Gasteiger partial charge in [-0.2, -0.15) is 4.31 Å². The summed E-state index contributed by atoms with van der Waals surface area (Å²) < 4.78 is 27.9. The number of halogens is 1. The second-order valence-corrected chi connectivity index (χ2v) is 7.98. The first kappa shape index (κ1) is 23.0. The van der Waals surface area contributed by atoms with Crippen molar-refractivity contribution in [2.45, 2.75) is 31.7 Å². The highest BCUT2D eigenvalue weighted by atomic mass is 35.5. The van der Waals surface area contributed by atoms with E-state index in [0.717, 1.165) is 5.56 Å². The first-order chi connectivity index (χ1) is 12.3. The van der Waals surface area contributed by atoms with Crippen molar-refractivity contribution in [2.24, 2.45) is 5.73 Å². The minimum absolute atomic E-state index is 0. The van der Waals surface area contributed by atoms with Crippen molar-refractivity contribution in [1.82, 2.24) is 4.31 Å². The number of nitro groups is 1. The second kappa shape index (κ2) is 9.80. The fraction of sp³-hybridized carbons (Fsp3) is 0.333. The van der Waals surface area contributed by atoms with Crippen LogP contribution in [0.3, 0.4) is 0 Å². The van der Waals surface area contributed by atoms with Crippen LogP contribution in [0.15, 0.2) is 47.4 Å². The Kier molecular flexibility index (Phi) is 8.36. The maximum Gasteiger partial charge on any atom is 0.292 e. The van der Waals surface area contributed by atoms with E-state index < -0.39 is 14.9 Å². The zero-order valence-corrected chi connectivity index (χ0v) is 16.9. The zero-order chi connectivity index (χ0) is 19.3. The molecule has 2 aromatic carbocycles. The van der Waals surface area contributed by atoms with E-state index in [-0.39, 0.29) is 36.1 Å². The van der Waals surface area contributed by atoms with E-state index in [9.17, 15) is 18.5 Å². The standard InChI is InChI=1S/C18H23N3O4S.ClH/c1-14-9-10-15(2)18(17(14)21(22)23)26(24,25)20(12-6-11-19)13-16-7-4-3-5-8-16;/h3-5,7-10H,6,11-13,19H2,1-2H3;1H. The van der Waals surface area contributed by atoms with Gasteiger partial charge in [-0.1, -0.05) is 42.5 Å². The van der Waals surface area contributed by atoms with Crippen LogP contribution in [-0.2, 0) is 16.6 Å². The number of hydrogen-bond donors (Lipinski definition) is 1. The summed E-state index contributed by atoms with van der Waals surface area (Å²) in [7, 11) is -4.06. The molecule has 2 rings (SSSR count). The molecule has 0 atom stereocenters. The van der Waals surface area contributed by atoms with E-state index in [1.54, 1.807) is 19.1 Å². The third kappa shape index (κ3) is 5.26. The molecule has 0 amide bonds. The van der Waals surface area contributed by atoms with Gasteiger partial charge in [0.1, 0.15) is 0 Å². The lowest BCUT2D eigenvalue weighted by atomic mass is 10.1. The van der Waals surface area contributed by atoms with Crippen molar-refractivity contribution >= 4 is 28.1 Å². The molecule has 0 aliphatic carbocycles. The van der Waals surface area contributed by atoms with Crippen molar-refractivity contribution in [3.05, 3.63) is 69.3 Å². The molecule has 0 aliphatic heterocycles. The van der Waals surface area contributed by atoms with Gasteiger partial charge in [-0.3, -0.25) is 10.1 Å². The van der Waals surface area contributed by atoms with Crippen molar-refractivity contribution in [3.8, 4) is 0 Å². The summed E-state index contributed by atoms with van der Waals surface area (Å²) in [6, 6.07) is 12.3. The Morgan fingerprint density at radius 1 is 1.07 bits per heavy atom. The lowest BCUT2D eigenvalue weighted by Gasteiger charge is -2.23. The maximum absolute atomic E-state index is 13.3. The number of sulfonamides is 1. The van der Waals surface area contributed by atoms with Crippen LogP contribution in [0.2, 0.25) is 0 Å². The maximum atomic E-state index is 13.3. The Morgan fingerprint density at radius 2 is 1.67 bits per heavy atom. The molecule has 0 spiro atoms. The molecule has 9 heteroatoms. The Bertz CT molecular complexity index is 889. The highest BCUT2D eigenvalue weighted by molar-refractivity contribution is 7.89. The summed E-state index contributed by atoms with van der Waals surface area (Å²) in [6.07, 6.45) is 0.463. The molecule has 0 fully saturated rings. The molecular weight excluding hydrogens is 390 g/mol. The van der Waals surface area contributed by atoms with E-state index in [0.29, 0.717) is 24.1 Å². The van der Waals surface area contributed by atoms with Crippen LogP contribution >= 0.6 is 12.4 Å². The first-order valence-electron chi connectivity index (χ1n) is 8.27. The number of nitrogens with zero attached hydrogens (tertiary/aromatic N) is 2. The summed E-state index contributed by atoms with van der Waals surface area (Å²) in [5.41, 5.74) is 6.67. The smallest absolute Gasteiger partial charge is 0.292 e. The van der Waals surface area contributed by atoms with Crippen LogP contribution in [-0.4, -0.2) is 30.7 Å². The summed E-state index contributed by atoms with van der Waals surface area (Å²) >= 11 is 0. The molecule has 0 heterocycles. The topological polar surface area (TPSA) is 107 Å². The second-order valence-electron chi connectivity index (χ2n) is 6.10. The number of aryl methyl sites for hydroxylation is 2. The minimum atomic E-state index is -4.06. The third-order valence-electron chi connectivity index (χ3n) is 4.12. The molecule has 2 N–H and O–H groups in total. The molecule has 0 aliphatic rings. The molecular formula is C18H24ClN3O4S. The molecule has 0 bridgehead atoms. The Hall–Kier alpha value is -2.00. The number of rotatable bonds is 8. The van der Waals surface area contributed by atoms with E-state index in [4.69, 9.17) is 5.73 Å². The average Bonchev–Trinajstić information content (AvgIpc) is 2.60. The Morgan fingerprint density at radius 3 is 2.22 bits per heavy atom. The van der Waals surface area contributed by atoms with Gasteiger partial charge < -0.3 is 5.73 Å². The van der Waals surface area contributed by atoms with Crippen LogP contribution in [0.4, 0.5) is 5.69 Å². The van der Waals surface area contributed by atoms with Gasteiger partial charge in [0.25, 0.3) is 5.69 Å². The Balaban J connectivity index is 0.00000364. The molecule has 0 aromatic heterocycles. The van der Waals surface area contributed by atoms with E-state index >= 15 is 0 Å². The predicted octanol–water partition coefficient (Wildman–Crippen LogP) is 3.17. The molecule has 148 valence electrons. The van der Waals surface area contributed by atoms with Crippen molar-refractivity contribution < 1.29 is 13.3 Å². The molecule has 0 radical (unpaired) electrons. The number of nitro benzene ring substituents is 1. The van der Waals surface area contributed by atoms with E-state index in [1.165, 1.54) is 11.2 Å². The molecule has 0 saturated carbocycles. The van der Waals surface area contributed by atoms with Crippen LogP contribution in [0.1, 0.15) is 23.1 Å². The quantitative estimate of drug-likeness (QED) is 0.528. The number of nitrogens with two attached hydrogens (primary N) is 1. The molecule has 27 heavy (non-hydrogen) atoms. The van der Waals surface area contributed by atoms with Gasteiger partial charge in [-0.15, -0.1) is 12.4 Å². The summed E-state index contributed by atoms with van der Waals surface area (Å²) in [4.78, 5) is 10.7.